The van der Waals surface area contributed by atoms with Crippen LogP contribution in [0.1, 0.15) is 78.6 Å². The normalized spacial score (nSPS) is 11.3. The summed E-state index contributed by atoms with van der Waals surface area (Å²) in [6.07, 6.45) is 12.4. The number of carbonyl (C=O) groups excluding carboxylic acids is 1. The maximum absolute atomic E-state index is 11.4. The smallest absolute Gasteiger partial charge is 0.240 e. The van der Waals surface area contributed by atoms with Gasteiger partial charge in [-0.05, 0) is 12.3 Å². The predicted octanol–water partition coefficient (Wildman–Crippen LogP) is 4.28. The molecule has 0 aromatic heterocycles. The summed E-state index contributed by atoms with van der Waals surface area (Å²) in [5, 5.41) is 3.90. The van der Waals surface area contributed by atoms with Gasteiger partial charge in [-0.1, -0.05) is 65.7 Å². The number of hydrazone groups is 1. The van der Waals surface area contributed by atoms with Crippen molar-refractivity contribution >= 4 is 12.1 Å². The molecule has 0 aliphatic carbocycles. The van der Waals surface area contributed by atoms with E-state index in [0.29, 0.717) is 12.3 Å². The van der Waals surface area contributed by atoms with Gasteiger partial charge in [0.25, 0.3) is 0 Å². The van der Waals surface area contributed by atoms with Crippen molar-refractivity contribution in [3.05, 3.63) is 0 Å². The lowest BCUT2D eigenvalue weighted by molar-refractivity contribution is -0.121. The molecule has 1 N–H and O–H groups in total. The van der Waals surface area contributed by atoms with Crippen LogP contribution in [0.5, 0.6) is 0 Å². The first kappa shape index (κ1) is 17.1. The van der Waals surface area contributed by atoms with E-state index in [0.717, 1.165) is 12.8 Å². The molecule has 0 rings (SSSR count). The highest BCUT2D eigenvalue weighted by Crippen LogP contribution is 2.09. The molecule has 3 heteroatoms. The van der Waals surface area contributed by atoms with Crippen molar-refractivity contribution in [2.75, 3.05) is 0 Å². The van der Waals surface area contributed by atoms with Gasteiger partial charge in [0.1, 0.15) is 0 Å². The molecule has 0 bridgehead atoms. The minimum absolute atomic E-state index is 0.0397. The molecule has 0 spiro atoms. The summed E-state index contributed by atoms with van der Waals surface area (Å²) < 4.78 is 0. The van der Waals surface area contributed by atoms with Crippen LogP contribution in [0.2, 0.25) is 0 Å². The van der Waals surface area contributed by atoms with Crippen molar-refractivity contribution in [3.8, 4) is 0 Å². The second-order valence-corrected chi connectivity index (χ2v) is 5.28. The van der Waals surface area contributed by atoms with E-state index in [1.807, 2.05) is 13.8 Å². The van der Waals surface area contributed by atoms with Crippen LogP contribution in [0, 0.1) is 5.92 Å². The molecule has 0 aliphatic rings. The first-order valence-corrected chi connectivity index (χ1v) is 7.48. The summed E-state index contributed by atoms with van der Waals surface area (Å²) in [5.41, 5.74) is 2.56. The number of nitrogens with one attached hydrogen (secondary N) is 1. The largest absolute Gasteiger partial charge is 0.273 e. The maximum atomic E-state index is 11.4. The molecule has 0 saturated heterocycles. The van der Waals surface area contributed by atoms with Gasteiger partial charge in [-0.3, -0.25) is 4.79 Å². The number of amides is 1. The van der Waals surface area contributed by atoms with E-state index in [9.17, 15) is 4.79 Å². The number of unbranched alkanes of at least 4 members (excludes halogenated alkanes) is 7. The van der Waals surface area contributed by atoms with Crippen LogP contribution in [0.3, 0.4) is 0 Å². The maximum Gasteiger partial charge on any atom is 0.240 e. The van der Waals surface area contributed by atoms with Gasteiger partial charge in [0.05, 0.1) is 0 Å². The van der Waals surface area contributed by atoms with Crippen molar-refractivity contribution in [2.24, 2.45) is 11.0 Å². The Morgan fingerprint density at radius 1 is 1.06 bits per heavy atom. The highest BCUT2D eigenvalue weighted by atomic mass is 16.2. The van der Waals surface area contributed by atoms with Gasteiger partial charge in [0, 0.05) is 12.6 Å². The Hall–Kier alpha value is -0.860. The molecule has 0 heterocycles. The number of rotatable bonds is 11. The van der Waals surface area contributed by atoms with E-state index in [4.69, 9.17) is 0 Å². The molecule has 3 nitrogen and oxygen atoms in total. The predicted molar refractivity (Wildman–Crippen MR) is 78.7 cm³/mol. The highest BCUT2D eigenvalue weighted by Gasteiger charge is 1.99. The summed E-state index contributed by atoms with van der Waals surface area (Å²) >= 11 is 0. The summed E-state index contributed by atoms with van der Waals surface area (Å²) in [6.45, 7) is 6.31. The number of nitrogens with zero attached hydrogens (tertiary/aromatic N) is 1. The molecule has 0 unspecified atom stereocenters. The van der Waals surface area contributed by atoms with Crippen molar-refractivity contribution in [3.63, 3.8) is 0 Å². The molecule has 0 radical (unpaired) electrons. The average Bonchev–Trinajstić information content (AvgIpc) is 2.32. The molecule has 0 saturated carbocycles. The third-order valence-electron chi connectivity index (χ3n) is 2.82. The Balaban J connectivity index is 3.25. The van der Waals surface area contributed by atoms with Gasteiger partial charge >= 0.3 is 0 Å². The van der Waals surface area contributed by atoms with Crippen LogP contribution in [0.25, 0.3) is 0 Å². The third-order valence-corrected chi connectivity index (χ3v) is 2.82. The standard InChI is InChI=1S/C15H30N2O/c1-4-5-6-7-8-9-10-11-12-15(18)17-16-13-14(2)3/h13-14H,4-12H2,1-3H3,(H,17,18)/b16-13+. The Kier molecular flexibility index (Phi) is 12.0. The van der Waals surface area contributed by atoms with Crippen LogP contribution < -0.4 is 5.43 Å². The summed E-state index contributed by atoms with van der Waals surface area (Å²) in [6, 6.07) is 0. The van der Waals surface area contributed by atoms with Crippen LogP contribution >= 0.6 is 0 Å². The first-order valence-electron chi connectivity index (χ1n) is 7.48. The number of hydrogen-bond acceptors (Lipinski definition) is 2. The van der Waals surface area contributed by atoms with Crippen LogP contribution in [-0.4, -0.2) is 12.1 Å². The Morgan fingerprint density at radius 3 is 2.17 bits per heavy atom. The molecule has 0 atom stereocenters. The highest BCUT2D eigenvalue weighted by molar-refractivity contribution is 5.76. The fourth-order valence-electron chi connectivity index (χ4n) is 1.73. The summed E-state index contributed by atoms with van der Waals surface area (Å²) in [5.74, 6) is 0.423. The summed E-state index contributed by atoms with van der Waals surface area (Å²) in [7, 11) is 0. The van der Waals surface area contributed by atoms with Crippen molar-refractivity contribution < 1.29 is 4.79 Å². The van der Waals surface area contributed by atoms with E-state index < -0.39 is 0 Å². The third kappa shape index (κ3) is 13.2. The second kappa shape index (κ2) is 12.6. The SMILES string of the molecule is CCCCCCCCCCC(=O)N/N=C/C(C)C. The number of carbonyl (C=O) groups is 1. The minimum Gasteiger partial charge on any atom is -0.273 e. The van der Waals surface area contributed by atoms with E-state index in [-0.39, 0.29) is 5.91 Å². The molecule has 1 amide bonds. The van der Waals surface area contributed by atoms with Gasteiger partial charge in [-0.25, -0.2) is 5.43 Å². The quantitative estimate of drug-likeness (QED) is 0.334. The monoisotopic (exact) mass is 254 g/mol. The van der Waals surface area contributed by atoms with Gasteiger partial charge in [-0.2, -0.15) is 5.10 Å². The molecule has 0 aromatic carbocycles. The van der Waals surface area contributed by atoms with Crippen LogP contribution in [0.15, 0.2) is 5.10 Å². The van der Waals surface area contributed by atoms with Gasteiger partial charge in [0.2, 0.25) is 5.91 Å². The van der Waals surface area contributed by atoms with E-state index >= 15 is 0 Å². The second-order valence-electron chi connectivity index (χ2n) is 5.28. The lowest BCUT2D eigenvalue weighted by atomic mass is 10.1. The van der Waals surface area contributed by atoms with E-state index in [2.05, 4.69) is 17.5 Å². The topological polar surface area (TPSA) is 41.5 Å². The fourth-order valence-corrected chi connectivity index (χ4v) is 1.73. The van der Waals surface area contributed by atoms with Gasteiger partial charge in [0.15, 0.2) is 0 Å². The molecular weight excluding hydrogens is 224 g/mol. The zero-order chi connectivity index (χ0) is 13.6. The van der Waals surface area contributed by atoms with Crippen LogP contribution in [-0.2, 0) is 4.79 Å². The molecule has 18 heavy (non-hydrogen) atoms. The zero-order valence-electron chi connectivity index (χ0n) is 12.4. The minimum atomic E-state index is 0.0397. The van der Waals surface area contributed by atoms with Crippen LogP contribution in [0.4, 0.5) is 0 Å². The Bertz CT molecular complexity index is 225. The molecular formula is C15H30N2O. The molecule has 0 aromatic rings. The fraction of sp³-hybridized carbons (Fsp3) is 0.867. The average molecular weight is 254 g/mol. The van der Waals surface area contributed by atoms with Crippen molar-refractivity contribution in [1.82, 2.24) is 5.43 Å². The van der Waals surface area contributed by atoms with Crippen molar-refractivity contribution in [2.45, 2.75) is 78.6 Å². The number of hydrogen-bond donors (Lipinski definition) is 1. The van der Waals surface area contributed by atoms with Crippen molar-refractivity contribution in [1.29, 1.82) is 0 Å². The summed E-state index contributed by atoms with van der Waals surface area (Å²) in [4.78, 5) is 11.4. The van der Waals surface area contributed by atoms with Gasteiger partial charge in [-0.15, -0.1) is 0 Å². The lowest BCUT2D eigenvalue weighted by Gasteiger charge is -2.02. The lowest BCUT2D eigenvalue weighted by Crippen LogP contribution is -2.17. The Labute approximate surface area is 112 Å². The van der Waals surface area contributed by atoms with Gasteiger partial charge < -0.3 is 0 Å². The first-order chi connectivity index (χ1) is 8.66. The van der Waals surface area contributed by atoms with E-state index in [1.54, 1.807) is 6.21 Å². The molecule has 106 valence electrons. The molecule has 0 fully saturated rings. The Morgan fingerprint density at radius 2 is 1.61 bits per heavy atom. The van der Waals surface area contributed by atoms with E-state index in [1.165, 1.54) is 38.5 Å². The molecule has 0 aliphatic heterocycles. The zero-order valence-corrected chi connectivity index (χ0v) is 12.4.